The molecule has 58 valence electrons. The highest BCUT2D eigenvalue weighted by Gasteiger charge is 2.27. The molecule has 3 atom stereocenters. The summed E-state index contributed by atoms with van der Waals surface area (Å²) in [5.74, 6) is -0.0694. The first-order valence-electron chi connectivity index (χ1n) is 3.41. The highest BCUT2D eigenvalue weighted by atomic mass is 16.3. The largest absolute Gasteiger partial charge is 0.396 e. The van der Waals surface area contributed by atoms with Crippen LogP contribution < -0.4 is 0 Å². The van der Waals surface area contributed by atoms with Crippen molar-refractivity contribution in [3.05, 3.63) is 12.2 Å². The number of aliphatic hydroxyl groups excluding tert-OH is 3. The predicted octanol–water partition coefficient (Wildman–Crippen LogP) is -0.723. The van der Waals surface area contributed by atoms with Crippen molar-refractivity contribution in [1.82, 2.24) is 0 Å². The van der Waals surface area contributed by atoms with E-state index >= 15 is 0 Å². The third-order valence-electron chi connectivity index (χ3n) is 1.81. The average Bonchev–Trinajstić information content (AvgIpc) is 2.20. The standard InChI is InChI=1S/C7H12O3/c8-4-3-5-1-2-6(9)7(5)10/h1-2,5-10H,3-4H2/t5-,6+,7+/m0/s1. The third kappa shape index (κ3) is 1.37. The lowest BCUT2D eigenvalue weighted by atomic mass is 10.0. The van der Waals surface area contributed by atoms with Gasteiger partial charge < -0.3 is 15.3 Å². The van der Waals surface area contributed by atoms with Gasteiger partial charge in [-0.2, -0.15) is 0 Å². The second-order valence-corrected chi connectivity index (χ2v) is 2.54. The molecule has 1 aliphatic rings. The molecule has 0 spiro atoms. The zero-order valence-corrected chi connectivity index (χ0v) is 5.64. The first-order chi connectivity index (χ1) is 4.75. The lowest BCUT2D eigenvalue weighted by Gasteiger charge is -2.14. The van der Waals surface area contributed by atoms with Crippen LogP contribution >= 0.6 is 0 Å². The lowest BCUT2D eigenvalue weighted by molar-refractivity contribution is 0.0275. The second kappa shape index (κ2) is 3.14. The molecule has 0 aromatic carbocycles. The van der Waals surface area contributed by atoms with Crippen LogP contribution in [0.25, 0.3) is 0 Å². The summed E-state index contributed by atoms with van der Waals surface area (Å²) in [7, 11) is 0. The Hall–Kier alpha value is -0.380. The molecular formula is C7H12O3. The molecule has 0 fully saturated rings. The van der Waals surface area contributed by atoms with E-state index in [1.54, 1.807) is 12.2 Å². The highest BCUT2D eigenvalue weighted by Crippen LogP contribution is 2.21. The van der Waals surface area contributed by atoms with Gasteiger partial charge in [-0.15, -0.1) is 0 Å². The fourth-order valence-electron chi connectivity index (χ4n) is 1.15. The summed E-state index contributed by atoms with van der Waals surface area (Å²) in [5.41, 5.74) is 0. The molecule has 0 unspecified atom stereocenters. The fraction of sp³-hybridized carbons (Fsp3) is 0.714. The number of hydrogen-bond acceptors (Lipinski definition) is 3. The van der Waals surface area contributed by atoms with Crippen molar-refractivity contribution in [2.24, 2.45) is 5.92 Å². The summed E-state index contributed by atoms with van der Waals surface area (Å²) in [4.78, 5) is 0. The smallest absolute Gasteiger partial charge is 0.0985 e. The van der Waals surface area contributed by atoms with Crippen LogP contribution in [0.4, 0.5) is 0 Å². The molecule has 1 aliphatic carbocycles. The van der Waals surface area contributed by atoms with Crippen molar-refractivity contribution in [1.29, 1.82) is 0 Å². The van der Waals surface area contributed by atoms with Gasteiger partial charge in [0.1, 0.15) is 0 Å². The van der Waals surface area contributed by atoms with Crippen LogP contribution in [0, 0.1) is 5.92 Å². The zero-order chi connectivity index (χ0) is 7.56. The van der Waals surface area contributed by atoms with Gasteiger partial charge in [-0.05, 0) is 6.42 Å². The molecule has 0 bridgehead atoms. The van der Waals surface area contributed by atoms with E-state index in [4.69, 9.17) is 15.3 Å². The van der Waals surface area contributed by atoms with Crippen molar-refractivity contribution >= 4 is 0 Å². The summed E-state index contributed by atoms with van der Waals surface area (Å²) in [5, 5.41) is 26.6. The number of aliphatic hydroxyl groups is 3. The van der Waals surface area contributed by atoms with Crippen LogP contribution in [0.1, 0.15) is 6.42 Å². The van der Waals surface area contributed by atoms with Gasteiger partial charge in [0.2, 0.25) is 0 Å². The van der Waals surface area contributed by atoms with Gasteiger partial charge in [0, 0.05) is 12.5 Å². The maximum Gasteiger partial charge on any atom is 0.0985 e. The molecule has 0 saturated carbocycles. The molecule has 0 heterocycles. The molecule has 0 saturated heterocycles. The minimum Gasteiger partial charge on any atom is -0.396 e. The summed E-state index contributed by atoms with van der Waals surface area (Å²) in [6.45, 7) is 0.0544. The van der Waals surface area contributed by atoms with Crippen LogP contribution in [0.15, 0.2) is 12.2 Å². The average molecular weight is 144 g/mol. The highest BCUT2D eigenvalue weighted by molar-refractivity contribution is 5.07. The Morgan fingerprint density at radius 2 is 1.90 bits per heavy atom. The minimum absolute atomic E-state index is 0.0544. The topological polar surface area (TPSA) is 60.7 Å². The van der Waals surface area contributed by atoms with E-state index in [9.17, 15) is 0 Å². The lowest BCUT2D eigenvalue weighted by Crippen LogP contribution is -2.26. The van der Waals surface area contributed by atoms with Crippen molar-refractivity contribution in [3.63, 3.8) is 0 Å². The first-order valence-corrected chi connectivity index (χ1v) is 3.41. The van der Waals surface area contributed by atoms with E-state index in [0.29, 0.717) is 6.42 Å². The maximum atomic E-state index is 9.16. The molecule has 3 nitrogen and oxygen atoms in total. The Morgan fingerprint density at radius 3 is 2.30 bits per heavy atom. The molecular weight excluding hydrogens is 132 g/mol. The van der Waals surface area contributed by atoms with Crippen molar-refractivity contribution in [2.75, 3.05) is 6.61 Å². The van der Waals surface area contributed by atoms with Gasteiger partial charge >= 0.3 is 0 Å². The van der Waals surface area contributed by atoms with E-state index in [1.807, 2.05) is 0 Å². The molecule has 0 aliphatic heterocycles. The summed E-state index contributed by atoms with van der Waals surface area (Å²) in [6.07, 6.45) is 2.37. The van der Waals surface area contributed by atoms with Gasteiger partial charge in [-0.1, -0.05) is 12.2 Å². The number of hydrogen-bond donors (Lipinski definition) is 3. The van der Waals surface area contributed by atoms with Crippen LogP contribution in [0.3, 0.4) is 0 Å². The molecule has 1 rings (SSSR count). The van der Waals surface area contributed by atoms with Crippen molar-refractivity contribution < 1.29 is 15.3 Å². The van der Waals surface area contributed by atoms with Gasteiger partial charge in [-0.25, -0.2) is 0 Å². The van der Waals surface area contributed by atoms with E-state index < -0.39 is 12.2 Å². The molecule has 0 aromatic heterocycles. The molecule has 3 heteroatoms. The molecule has 10 heavy (non-hydrogen) atoms. The molecule has 0 aromatic rings. The Balaban J connectivity index is 2.41. The van der Waals surface area contributed by atoms with Crippen LogP contribution in [-0.4, -0.2) is 34.1 Å². The third-order valence-corrected chi connectivity index (χ3v) is 1.81. The van der Waals surface area contributed by atoms with E-state index in [2.05, 4.69) is 0 Å². The van der Waals surface area contributed by atoms with Crippen LogP contribution in [0.2, 0.25) is 0 Å². The van der Waals surface area contributed by atoms with Gasteiger partial charge in [0.05, 0.1) is 12.2 Å². The van der Waals surface area contributed by atoms with Crippen molar-refractivity contribution in [2.45, 2.75) is 18.6 Å². The van der Waals surface area contributed by atoms with Gasteiger partial charge in [-0.3, -0.25) is 0 Å². The summed E-state index contributed by atoms with van der Waals surface area (Å²) < 4.78 is 0. The Bertz CT molecular complexity index is 133. The molecule has 3 N–H and O–H groups in total. The Morgan fingerprint density at radius 1 is 1.20 bits per heavy atom. The second-order valence-electron chi connectivity index (χ2n) is 2.54. The zero-order valence-electron chi connectivity index (χ0n) is 5.64. The quantitative estimate of drug-likeness (QED) is 0.448. The van der Waals surface area contributed by atoms with Crippen LogP contribution in [0.5, 0.6) is 0 Å². The SMILES string of the molecule is OCC[C@@H]1C=C[C@@H](O)[C@@H]1O. The number of rotatable bonds is 2. The van der Waals surface area contributed by atoms with Gasteiger partial charge in [0.15, 0.2) is 0 Å². The maximum absolute atomic E-state index is 9.16. The first kappa shape index (κ1) is 7.72. The van der Waals surface area contributed by atoms with Gasteiger partial charge in [0.25, 0.3) is 0 Å². The Labute approximate surface area is 59.6 Å². The summed E-state index contributed by atoms with van der Waals surface area (Å²) in [6, 6.07) is 0. The fourth-order valence-corrected chi connectivity index (χ4v) is 1.15. The predicted molar refractivity (Wildman–Crippen MR) is 36.3 cm³/mol. The monoisotopic (exact) mass is 144 g/mol. The summed E-state index contributed by atoms with van der Waals surface area (Å²) >= 11 is 0. The normalized spacial score (nSPS) is 38.9. The van der Waals surface area contributed by atoms with E-state index in [0.717, 1.165) is 0 Å². The molecule has 0 amide bonds. The van der Waals surface area contributed by atoms with E-state index in [1.165, 1.54) is 0 Å². The van der Waals surface area contributed by atoms with E-state index in [-0.39, 0.29) is 12.5 Å². The minimum atomic E-state index is -0.739. The van der Waals surface area contributed by atoms with Crippen molar-refractivity contribution in [3.8, 4) is 0 Å². The molecule has 0 radical (unpaired) electrons. The Kier molecular flexibility index (Phi) is 2.43. The van der Waals surface area contributed by atoms with Crippen LogP contribution in [-0.2, 0) is 0 Å².